The van der Waals surface area contributed by atoms with Gasteiger partial charge in [0.2, 0.25) is 11.7 Å². The Balaban J connectivity index is 1.80. The van der Waals surface area contributed by atoms with Crippen LogP contribution in [0.25, 0.3) is 0 Å². The largest absolute Gasteiger partial charge is 0.493 e. The fraction of sp³-hybridized carbons (Fsp3) is 0.174. The van der Waals surface area contributed by atoms with Crippen LogP contribution in [-0.2, 0) is 9.53 Å². The first-order valence-corrected chi connectivity index (χ1v) is 10.1. The number of aromatic hydroxyl groups is 1. The molecule has 0 aliphatic carbocycles. The van der Waals surface area contributed by atoms with Crippen molar-refractivity contribution in [3.63, 3.8) is 0 Å². The predicted octanol–water partition coefficient (Wildman–Crippen LogP) is 2.27. The van der Waals surface area contributed by atoms with E-state index in [4.69, 9.17) is 0 Å². The van der Waals surface area contributed by atoms with Crippen molar-refractivity contribution in [1.82, 2.24) is 20.6 Å². The summed E-state index contributed by atoms with van der Waals surface area (Å²) >= 11 is 0. The van der Waals surface area contributed by atoms with Crippen LogP contribution >= 0.6 is 0 Å². The second-order valence-electron chi connectivity index (χ2n) is 6.93. The zero-order valence-corrected chi connectivity index (χ0v) is 17.9. The standard InChI is InChI=1S/C23H20F2N4O5/c1-2-34-18(30)12-27-23(33)20-26-11-17(22(32)29-20)21(31)28-19(13-3-7-15(24)8-4-13)14-5-9-16(25)10-6-14/h3-11,19H,2,12H2,1H3,(H,27,33)(H,28,31)(H,26,29,32). The van der Waals surface area contributed by atoms with Gasteiger partial charge in [-0.3, -0.25) is 14.4 Å². The van der Waals surface area contributed by atoms with E-state index in [9.17, 15) is 28.3 Å². The minimum Gasteiger partial charge on any atom is -0.493 e. The lowest BCUT2D eigenvalue weighted by atomic mass is 9.98. The minimum absolute atomic E-state index is 0.145. The lowest BCUT2D eigenvalue weighted by molar-refractivity contribution is -0.141. The maximum Gasteiger partial charge on any atom is 0.325 e. The van der Waals surface area contributed by atoms with Gasteiger partial charge >= 0.3 is 5.97 Å². The van der Waals surface area contributed by atoms with Gasteiger partial charge in [-0.15, -0.1) is 0 Å². The monoisotopic (exact) mass is 470 g/mol. The molecule has 176 valence electrons. The normalized spacial score (nSPS) is 10.6. The molecular formula is C23H20F2N4O5. The molecule has 3 rings (SSSR count). The average molecular weight is 470 g/mol. The number of hydrogen-bond donors (Lipinski definition) is 3. The number of nitrogens with one attached hydrogen (secondary N) is 2. The molecule has 0 unspecified atom stereocenters. The quantitative estimate of drug-likeness (QED) is 0.431. The predicted molar refractivity (Wildman–Crippen MR) is 115 cm³/mol. The summed E-state index contributed by atoms with van der Waals surface area (Å²) in [6, 6.07) is 9.84. The molecule has 0 saturated carbocycles. The molecule has 0 radical (unpaired) electrons. The Morgan fingerprint density at radius 1 is 0.971 bits per heavy atom. The summed E-state index contributed by atoms with van der Waals surface area (Å²) < 4.78 is 31.5. The van der Waals surface area contributed by atoms with Crippen LogP contribution in [0.2, 0.25) is 0 Å². The summed E-state index contributed by atoms with van der Waals surface area (Å²) in [6.45, 7) is 1.34. The second-order valence-corrected chi connectivity index (χ2v) is 6.93. The Hall–Kier alpha value is -4.41. The zero-order chi connectivity index (χ0) is 24.7. The Labute approximate surface area is 192 Å². The van der Waals surface area contributed by atoms with E-state index in [2.05, 4.69) is 25.3 Å². The summed E-state index contributed by atoms with van der Waals surface area (Å²) in [7, 11) is 0. The second kappa shape index (κ2) is 10.9. The highest BCUT2D eigenvalue weighted by atomic mass is 19.1. The number of benzene rings is 2. The highest BCUT2D eigenvalue weighted by Crippen LogP contribution is 2.24. The van der Waals surface area contributed by atoms with Crippen LogP contribution in [0.5, 0.6) is 5.88 Å². The topological polar surface area (TPSA) is 131 Å². The molecule has 0 saturated heterocycles. The number of rotatable bonds is 8. The van der Waals surface area contributed by atoms with Gasteiger partial charge in [0.25, 0.3) is 11.8 Å². The molecule has 0 aliphatic heterocycles. The smallest absolute Gasteiger partial charge is 0.325 e. The molecule has 0 spiro atoms. The molecule has 2 amide bonds. The third kappa shape index (κ3) is 6.09. The Bertz CT molecular complexity index is 1140. The van der Waals surface area contributed by atoms with E-state index in [0.29, 0.717) is 11.1 Å². The number of hydrogen-bond acceptors (Lipinski definition) is 7. The molecular weight excluding hydrogens is 450 g/mol. The van der Waals surface area contributed by atoms with Gasteiger partial charge in [-0.1, -0.05) is 24.3 Å². The van der Waals surface area contributed by atoms with Crippen molar-refractivity contribution >= 4 is 17.8 Å². The molecule has 11 heteroatoms. The molecule has 0 fully saturated rings. The van der Waals surface area contributed by atoms with Crippen LogP contribution in [0.4, 0.5) is 8.78 Å². The molecule has 0 bridgehead atoms. The molecule has 9 nitrogen and oxygen atoms in total. The Kier molecular flexibility index (Phi) is 7.80. The van der Waals surface area contributed by atoms with Crippen molar-refractivity contribution in [2.45, 2.75) is 13.0 Å². The van der Waals surface area contributed by atoms with Crippen molar-refractivity contribution in [2.75, 3.05) is 13.2 Å². The summed E-state index contributed by atoms with van der Waals surface area (Å²) in [5.74, 6) is -4.51. The van der Waals surface area contributed by atoms with Crippen molar-refractivity contribution in [3.05, 3.63) is 88.9 Å². The molecule has 1 heterocycles. The maximum atomic E-state index is 13.4. The fourth-order valence-corrected chi connectivity index (χ4v) is 2.96. The van der Waals surface area contributed by atoms with Crippen molar-refractivity contribution in [1.29, 1.82) is 0 Å². The minimum atomic E-state index is -0.856. The third-order valence-corrected chi connectivity index (χ3v) is 4.60. The lowest BCUT2D eigenvalue weighted by Crippen LogP contribution is -2.32. The molecule has 1 aromatic heterocycles. The summed E-state index contributed by atoms with van der Waals surface area (Å²) in [6.07, 6.45) is 0.948. The van der Waals surface area contributed by atoms with Crippen LogP contribution in [0.15, 0.2) is 54.7 Å². The third-order valence-electron chi connectivity index (χ3n) is 4.60. The van der Waals surface area contributed by atoms with Crippen LogP contribution < -0.4 is 10.6 Å². The van der Waals surface area contributed by atoms with Gasteiger partial charge in [0.05, 0.1) is 12.6 Å². The SMILES string of the molecule is CCOC(=O)CNC(=O)c1ncc(C(=O)NC(c2ccc(F)cc2)c2ccc(F)cc2)c(O)n1. The molecule has 0 atom stereocenters. The van der Waals surface area contributed by atoms with Gasteiger partial charge in [-0.2, -0.15) is 4.98 Å². The summed E-state index contributed by atoms with van der Waals surface area (Å²) in [5, 5.41) is 15.1. The maximum absolute atomic E-state index is 13.4. The Morgan fingerprint density at radius 2 is 1.53 bits per heavy atom. The van der Waals surface area contributed by atoms with E-state index in [1.807, 2.05) is 0 Å². The Morgan fingerprint density at radius 3 is 2.03 bits per heavy atom. The van der Waals surface area contributed by atoms with Crippen LogP contribution in [-0.4, -0.2) is 46.0 Å². The number of carbonyl (C=O) groups excluding carboxylic acids is 3. The number of carbonyl (C=O) groups is 3. The zero-order valence-electron chi connectivity index (χ0n) is 17.9. The van der Waals surface area contributed by atoms with E-state index in [0.717, 1.165) is 6.20 Å². The van der Waals surface area contributed by atoms with E-state index < -0.39 is 53.7 Å². The molecule has 34 heavy (non-hydrogen) atoms. The van der Waals surface area contributed by atoms with Gasteiger partial charge in [0, 0.05) is 6.20 Å². The summed E-state index contributed by atoms with van der Waals surface area (Å²) in [5.41, 5.74) is 0.657. The van der Waals surface area contributed by atoms with Gasteiger partial charge in [-0.05, 0) is 42.3 Å². The molecule has 0 aliphatic rings. The van der Waals surface area contributed by atoms with E-state index in [-0.39, 0.29) is 12.2 Å². The molecule has 3 aromatic rings. The highest BCUT2D eigenvalue weighted by Gasteiger charge is 2.22. The number of amides is 2. The first kappa shape index (κ1) is 24.2. The van der Waals surface area contributed by atoms with E-state index in [1.54, 1.807) is 6.92 Å². The summed E-state index contributed by atoms with van der Waals surface area (Å²) in [4.78, 5) is 43.7. The molecule has 2 aromatic carbocycles. The first-order valence-electron chi connectivity index (χ1n) is 10.1. The van der Waals surface area contributed by atoms with E-state index in [1.165, 1.54) is 48.5 Å². The van der Waals surface area contributed by atoms with Crippen molar-refractivity contribution < 1.29 is 33.0 Å². The van der Waals surface area contributed by atoms with Gasteiger partial charge < -0.3 is 20.5 Å². The van der Waals surface area contributed by atoms with Gasteiger partial charge in [0.1, 0.15) is 23.7 Å². The van der Waals surface area contributed by atoms with Gasteiger partial charge in [-0.25, -0.2) is 13.8 Å². The molecule has 3 N–H and O–H groups in total. The highest BCUT2D eigenvalue weighted by molar-refractivity contribution is 5.98. The van der Waals surface area contributed by atoms with Crippen molar-refractivity contribution in [2.24, 2.45) is 0 Å². The number of esters is 1. The lowest BCUT2D eigenvalue weighted by Gasteiger charge is -2.20. The fourth-order valence-electron chi connectivity index (χ4n) is 2.96. The first-order chi connectivity index (χ1) is 16.3. The number of ether oxygens (including phenoxy) is 1. The number of halogens is 2. The van der Waals surface area contributed by atoms with Crippen LogP contribution in [0.1, 0.15) is 45.1 Å². The van der Waals surface area contributed by atoms with Crippen LogP contribution in [0.3, 0.4) is 0 Å². The average Bonchev–Trinajstić information content (AvgIpc) is 2.82. The van der Waals surface area contributed by atoms with E-state index >= 15 is 0 Å². The van der Waals surface area contributed by atoms with Gasteiger partial charge in [0.15, 0.2) is 0 Å². The number of aromatic nitrogens is 2. The van der Waals surface area contributed by atoms with Crippen molar-refractivity contribution in [3.8, 4) is 5.88 Å². The van der Waals surface area contributed by atoms with Crippen LogP contribution in [0, 0.1) is 11.6 Å². The number of nitrogens with zero attached hydrogens (tertiary/aromatic N) is 2.